The van der Waals surface area contributed by atoms with E-state index in [4.69, 9.17) is 0 Å². The van der Waals surface area contributed by atoms with Gasteiger partial charge in [0.05, 0.1) is 16.6 Å². The minimum atomic E-state index is -1.06. The molecule has 0 radical (unpaired) electrons. The molecule has 0 aliphatic heterocycles. The third-order valence-corrected chi connectivity index (χ3v) is 3.96. The highest BCUT2D eigenvalue weighted by Gasteiger charge is 2.17. The molecule has 0 fully saturated rings. The van der Waals surface area contributed by atoms with Crippen LogP contribution in [0.25, 0.3) is 22.3 Å². The van der Waals surface area contributed by atoms with E-state index in [2.05, 4.69) is 20.3 Å². The summed E-state index contributed by atoms with van der Waals surface area (Å²) < 4.78 is 0. The van der Waals surface area contributed by atoms with E-state index in [1.54, 1.807) is 25.1 Å². The van der Waals surface area contributed by atoms with Gasteiger partial charge < -0.3 is 15.4 Å². The van der Waals surface area contributed by atoms with Gasteiger partial charge in [-0.25, -0.2) is 14.8 Å². The van der Waals surface area contributed by atoms with Crippen molar-refractivity contribution in [3.63, 3.8) is 0 Å². The molecule has 0 atom stereocenters. The fourth-order valence-electron chi connectivity index (χ4n) is 2.72. The number of hydrogen-bond donors (Lipinski definition) is 3. The molecule has 1 amide bonds. The van der Waals surface area contributed by atoms with Gasteiger partial charge in [-0.2, -0.15) is 0 Å². The highest BCUT2D eigenvalue weighted by Crippen LogP contribution is 2.29. The zero-order chi connectivity index (χ0) is 18.7. The SMILES string of the molecule is CC/C=C(\C)C(=O)Nc1cccc(-c2ncnc3[nH]cc(C(=O)O)c23)c1. The van der Waals surface area contributed by atoms with Crippen LogP contribution in [0.15, 0.2) is 48.4 Å². The van der Waals surface area contributed by atoms with Gasteiger partial charge in [-0.05, 0) is 25.5 Å². The van der Waals surface area contributed by atoms with Crippen LogP contribution in [0.2, 0.25) is 0 Å². The molecule has 0 aliphatic carbocycles. The number of carboxylic acids is 1. The summed E-state index contributed by atoms with van der Waals surface area (Å²) in [7, 11) is 0. The number of aromatic carboxylic acids is 1. The topological polar surface area (TPSA) is 108 Å². The van der Waals surface area contributed by atoms with Gasteiger partial charge in [-0.15, -0.1) is 0 Å². The number of aromatic amines is 1. The molecule has 3 rings (SSSR count). The summed E-state index contributed by atoms with van der Waals surface area (Å²) >= 11 is 0. The first-order valence-electron chi connectivity index (χ1n) is 8.15. The second-order valence-corrected chi connectivity index (χ2v) is 5.78. The molecule has 7 heteroatoms. The summed E-state index contributed by atoms with van der Waals surface area (Å²) in [5.41, 5.74) is 2.98. The Morgan fingerprint density at radius 2 is 2.12 bits per heavy atom. The molecule has 0 saturated carbocycles. The molecular formula is C19H18N4O3. The average Bonchev–Trinajstić information content (AvgIpc) is 3.06. The molecule has 0 spiro atoms. The first-order valence-corrected chi connectivity index (χ1v) is 8.15. The second kappa shape index (κ2) is 7.18. The number of rotatable bonds is 5. The van der Waals surface area contributed by atoms with Crippen LogP contribution in [-0.4, -0.2) is 31.9 Å². The molecule has 26 heavy (non-hydrogen) atoms. The molecule has 1 aromatic carbocycles. The largest absolute Gasteiger partial charge is 0.478 e. The molecule has 2 heterocycles. The second-order valence-electron chi connectivity index (χ2n) is 5.78. The number of hydrogen-bond acceptors (Lipinski definition) is 4. The third-order valence-electron chi connectivity index (χ3n) is 3.96. The Balaban J connectivity index is 2.03. The van der Waals surface area contributed by atoms with Crippen molar-refractivity contribution in [1.82, 2.24) is 15.0 Å². The molecule has 0 aliphatic rings. The predicted molar refractivity (Wildman–Crippen MR) is 99.0 cm³/mol. The number of benzene rings is 1. The number of aromatic nitrogens is 3. The van der Waals surface area contributed by atoms with Gasteiger partial charge in [-0.3, -0.25) is 4.79 Å². The summed E-state index contributed by atoms with van der Waals surface area (Å²) in [6.07, 6.45) is 5.41. The van der Waals surface area contributed by atoms with Gasteiger partial charge in [0, 0.05) is 23.0 Å². The number of carbonyl (C=O) groups excluding carboxylic acids is 1. The van der Waals surface area contributed by atoms with Crippen molar-refractivity contribution in [2.24, 2.45) is 0 Å². The van der Waals surface area contributed by atoms with Gasteiger partial charge in [0.25, 0.3) is 5.91 Å². The molecule has 0 unspecified atom stereocenters. The van der Waals surface area contributed by atoms with Gasteiger partial charge in [-0.1, -0.05) is 25.1 Å². The summed E-state index contributed by atoms with van der Waals surface area (Å²) in [6, 6.07) is 7.13. The Morgan fingerprint density at radius 1 is 1.31 bits per heavy atom. The minimum Gasteiger partial charge on any atom is -0.478 e. The number of nitrogens with zero attached hydrogens (tertiary/aromatic N) is 2. The predicted octanol–water partition coefficient (Wildman–Crippen LogP) is 3.62. The standard InChI is InChI=1S/C19H18N4O3/c1-3-5-11(2)18(24)23-13-7-4-6-12(8-13)16-15-14(19(25)26)9-20-17(15)22-10-21-16/h4-10H,3H2,1-2H3,(H,23,24)(H,25,26)(H,20,21,22)/b11-5+. The smallest absolute Gasteiger partial charge is 0.338 e. The monoisotopic (exact) mass is 350 g/mol. The molecule has 2 aromatic heterocycles. The van der Waals surface area contributed by atoms with E-state index < -0.39 is 5.97 Å². The van der Waals surface area contributed by atoms with Gasteiger partial charge in [0.2, 0.25) is 0 Å². The molecule has 3 aromatic rings. The molecule has 7 nitrogen and oxygen atoms in total. The van der Waals surface area contributed by atoms with E-state index in [0.717, 1.165) is 6.42 Å². The third kappa shape index (κ3) is 3.32. The van der Waals surface area contributed by atoms with E-state index >= 15 is 0 Å². The number of anilines is 1. The van der Waals surface area contributed by atoms with Crippen molar-refractivity contribution in [3.05, 3.63) is 54.0 Å². The maximum atomic E-state index is 12.2. The van der Waals surface area contributed by atoms with Crippen molar-refractivity contribution < 1.29 is 14.7 Å². The van der Waals surface area contributed by atoms with Crippen molar-refractivity contribution in [2.45, 2.75) is 20.3 Å². The molecule has 0 saturated heterocycles. The minimum absolute atomic E-state index is 0.103. The van der Waals surface area contributed by atoms with Crippen LogP contribution < -0.4 is 5.32 Å². The fraction of sp³-hybridized carbons (Fsp3) is 0.158. The number of carboxylic acid groups (broad SMARTS) is 1. The van der Waals surface area contributed by atoms with E-state index in [9.17, 15) is 14.7 Å². The lowest BCUT2D eigenvalue weighted by Crippen LogP contribution is -2.12. The van der Waals surface area contributed by atoms with Gasteiger partial charge in [0.1, 0.15) is 12.0 Å². The van der Waals surface area contributed by atoms with E-state index in [1.165, 1.54) is 12.5 Å². The van der Waals surface area contributed by atoms with E-state index in [1.807, 2.05) is 19.1 Å². The van der Waals surface area contributed by atoms with E-state index in [-0.39, 0.29) is 11.5 Å². The normalized spacial score (nSPS) is 11.5. The number of amides is 1. The van der Waals surface area contributed by atoms with Crippen LogP contribution in [0, 0.1) is 0 Å². The number of fused-ring (bicyclic) bond motifs is 1. The molecule has 0 bridgehead atoms. The van der Waals surface area contributed by atoms with Crippen LogP contribution in [-0.2, 0) is 4.79 Å². The van der Waals surface area contributed by atoms with Crippen LogP contribution in [0.1, 0.15) is 30.6 Å². The molecule has 3 N–H and O–H groups in total. The average molecular weight is 350 g/mol. The number of carbonyl (C=O) groups is 2. The Morgan fingerprint density at radius 3 is 2.85 bits per heavy atom. The first kappa shape index (κ1) is 17.3. The molecule has 132 valence electrons. The summed E-state index contributed by atoms with van der Waals surface area (Å²) in [6.45, 7) is 3.73. The van der Waals surface area contributed by atoms with Crippen LogP contribution in [0.5, 0.6) is 0 Å². The summed E-state index contributed by atoms with van der Waals surface area (Å²) in [5, 5.41) is 12.7. The maximum absolute atomic E-state index is 12.2. The van der Waals surface area contributed by atoms with Crippen LogP contribution in [0.3, 0.4) is 0 Å². The van der Waals surface area contributed by atoms with Crippen molar-refractivity contribution in [1.29, 1.82) is 0 Å². The summed E-state index contributed by atoms with van der Waals surface area (Å²) in [4.78, 5) is 34.8. The Labute approximate surface area is 149 Å². The number of nitrogens with one attached hydrogen (secondary N) is 2. The van der Waals surface area contributed by atoms with E-state index in [0.29, 0.717) is 33.6 Å². The quantitative estimate of drug-likeness (QED) is 0.609. The summed E-state index contributed by atoms with van der Waals surface area (Å²) in [5.74, 6) is -1.23. The zero-order valence-electron chi connectivity index (χ0n) is 14.4. The maximum Gasteiger partial charge on any atom is 0.338 e. The lowest BCUT2D eigenvalue weighted by Gasteiger charge is -2.08. The number of allylic oxidation sites excluding steroid dienone is 1. The van der Waals surface area contributed by atoms with Gasteiger partial charge in [0.15, 0.2) is 0 Å². The Hall–Kier alpha value is -3.48. The van der Waals surface area contributed by atoms with Crippen molar-refractivity contribution in [3.8, 4) is 11.3 Å². The van der Waals surface area contributed by atoms with Crippen molar-refractivity contribution in [2.75, 3.05) is 5.32 Å². The highest BCUT2D eigenvalue weighted by molar-refractivity contribution is 6.08. The highest BCUT2D eigenvalue weighted by atomic mass is 16.4. The lowest BCUT2D eigenvalue weighted by atomic mass is 10.1. The first-order chi connectivity index (χ1) is 12.5. The van der Waals surface area contributed by atoms with Crippen LogP contribution >= 0.6 is 0 Å². The van der Waals surface area contributed by atoms with Crippen molar-refractivity contribution >= 4 is 28.6 Å². The lowest BCUT2D eigenvalue weighted by molar-refractivity contribution is -0.112. The molecular weight excluding hydrogens is 332 g/mol. The zero-order valence-corrected chi connectivity index (χ0v) is 14.4. The Bertz CT molecular complexity index is 1020. The number of H-pyrrole nitrogens is 1. The fourth-order valence-corrected chi connectivity index (χ4v) is 2.72. The van der Waals surface area contributed by atoms with Gasteiger partial charge >= 0.3 is 5.97 Å². The van der Waals surface area contributed by atoms with Crippen LogP contribution in [0.4, 0.5) is 5.69 Å². The Kier molecular flexibility index (Phi) is 4.79.